The van der Waals surface area contributed by atoms with E-state index in [-0.39, 0.29) is 29.3 Å². The normalized spacial score (nSPS) is 18.7. The van der Waals surface area contributed by atoms with Gasteiger partial charge in [-0.05, 0) is 37.7 Å². The minimum atomic E-state index is -2.92. The highest BCUT2D eigenvalue weighted by molar-refractivity contribution is 7.91. The van der Waals surface area contributed by atoms with E-state index in [4.69, 9.17) is 0 Å². The van der Waals surface area contributed by atoms with Crippen LogP contribution in [0, 0.1) is 5.82 Å². The Bertz CT molecular complexity index is 896. The van der Waals surface area contributed by atoms with Gasteiger partial charge in [-0.25, -0.2) is 17.5 Å². The van der Waals surface area contributed by atoms with Crippen LogP contribution in [0.25, 0.3) is 5.69 Å². The number of sulfone groups is 1. The standard InChI is InChI=1S/C18H23FN4O3S/c1-22(17-7-9-27(25,26)13-17)8-6-18(24)20-10-14-11-21-23(12-14)16-4-2-15(19)3-5-16/h2-5,11-12,17H,6-10,13H2,1H3,(H,20,24). The second kappa shape index (κ2) is 8.18. The van der Waals surface area contributed by atoms with Crippen LogP contribution >= 0.6 is 0 Å². The summed E-state index contributed by atoms with van der Waals surface area (Å²) in [6.07, 6.45) is 4.37. The lowest BCUT2D eigenvalue weighted by molar-refractivity contribution is -0.121. The van der Waals surface area contributed by atoms with Crippen molar-refractivity contribution in [2.24, 2.45) is 0 Å². The molecule has 1 N–H and O–H groups in total. The van der Waals surface area contributed by atoms with Crippen molar-refractivity contribution in [1.29, 1.82) is 0 Å². The van der Waals surface area contributed by atoms with Crippen molar-refractivity contribution in [3.63, 3.8) is 0 Å². The zero-order valence-corrected chi connectivity index (χ0v) is 16.0. The number of benzene rings is 1. The Kier molecular flexibility index (Phi) is 5.91. The van der Waals surface area contributed by atoms with E-state index < -0.39 is 9.84 Å². The molecule has 7 nitrogen and oxygen atoms in total. The molecule has 1 fully saturated rings. The van der Waals surface area contributed by atoms with Gasteiger partial charge in [0.1, 0.15) is 5.82 Å². The quantitative estimate of drug-likeness (QED) is 0.761. The molecule has 0 radical (unpaired) electrons. The molecule has 0 bridgehead atoms. The number of aromatic nitrogens is 2. The van der Waals surface area contributed by atoms with E-state index in [2.05, 4.69) is 10.4 Å². The summed E-state index contributed by atoms with van der Waals surface area (Å²) >= 11 is 0. The fourth-order valence-electron chi connectivity index (χ4n) is 3.06. The summed E-state index contributed by atoms with van der Waals surface area (Å²) in [5.74, 6) is -0.00395. The molecule has 3 rings (SSSR count). The van der Waals surface area contributed by atoms with Crippen LogP contribution in [0.3, 0.4) is 0 Å². The molecule has 1 aliphatic heterocycles. The Labute approximate surface area is 158 Å². The van der Waals surface area contributed by atoms with Gasteiger partial charge >= 0.3 is 0 Å². The van der Waals surface area contributed by atoms with Gasteiger partial charge in [0.2, 0.25) is 5.91 Å². The number of carbonyl (C=O) groups excluding carboxylic acids is 1. The van der Waals surface area contributed by atoms with E-state index in [1.165, 1.54) is 12.1 Å². The van der Waals surface area contributed by atoms with Crippen molar-refractivity contribution in [3.8, 4) is 5.69 Å². The number of nitrogens with zero attached hydrogens (tertiary/aromatic N) is 3. The van der Waals surface area contributed by atoms with Crippen LogP contribution in [-0.2, 0) is 21.2 Å². The Morgan fingerprint density at radius 1 is 1.37 bits per heavy atom. The van der Waals surface area contributed by atoms with Crippen LogP contribution in [0.5, 0.6) is 0 Å². The molecule has 9 heteroatoms. The van der Waals surface area contributed by atoms with Gasteiger partial charge in [0.25, 0.3) is 0 Å². The molecule has 1 aromatic heterocycles. The summed E-state index contributed by atoms with van der Waals surface area (Å²) < 4.78 is 37.7. The summed E-state index contributed by atoms with van der Waals surface area (Å²) in [6.45, 7) is 0.864. The third kappa shape index (κ3) is 5.36. The van der Waals surface area contributed by atoms with Crippen LogP contribution in [-0.4, -0.2) is 60.1 Å². The number of rotatable bonds is 7. The Balaban J connectivity index is 1.43. The van der Waals surface area contributed by atoms with E-state index in [0.29, 0.717) is 25.9 Å². The Morgan fingerprint density at radius 2 is 2.11 bits per heavy atom. The number of nitrogens with one attached hydrogen (secondary N) is 1. The lowest BCUT2D eigenvalue weighted by Gasteiger charge is -2.22. The van der Waals surface area contributed by atoms with Gasteiger partial charge in [-0.2, -0.15) is 5.10 Å². The summed E-state index contributed by atoms with van der Waals surface area (Å²) in [5, 5.41) is 7.05. The van der Waals surface area contributed by atoms with Crippen molar-refractivity contribution in [2.45, 2.75) is 25.4 Å². The van der Waals surface area contributed by atoms with Gasteiger partial charge in [0.15, 0.2) is 9.84 Å². The highest BCUT2D eigenvalue weighted by atomic mass is 32.2. The monoisotopic (exact) mass is 394 g/mol. The molecule has 1 atom stereocenters. The molecule has 1 unspecified atom stereocenters. The van der Waals surface area contributed by atoms with Crippen molar-refractivity contribution in [2.75, 3.05) is 25.1 Å². The number of carbonyl (C=O) groups is 1. The molecule has 0 saturated carbocycles. The van der Waals surface area contributed by atoms with Crippen molar-refractivity contribution in [3.05, 3.63) is 48.0 Å². The third-order valence-electron chi connectivity index (χ3n) is 4.74. The van der Waals surface area contributed by atoms with E-state index in [0.717, 1.165) is 11.3 Å². The molecule has 1 aromatic carbocycles. The molecule has 0 spiro atoms. The zero-order valence-electron chi connectivity index (χ0n) is 15.1. The predicted octanol–water partition coefficient (Wildman–Crippen LogP) is 1.14. The SMILES string of the molecule is CN(CCC(=O)NCc1cnn(-c2ccc(F)cc2)c1)C1CCS(=O)(=O)C1. The number of hydrogen-bond donors (Lipinski definition) is 1. The first-order chi connectivity index (χ1) is 12.8. The van der Waals surface area contributed by atoms with Gasteiger partial charge in [-0.1, -0.05) is 0 Å². The summed E-state index contributed by atoms with van der Waals surface area (Å²) in [7, 11) is -1.07. The minimum Gasteiger partial charge on any atom is -0.352 e. The van der Waals surface area contributed by atoms with E-state index >= 15 is 0 Å². The van der Waals surface area contributed by atoms with Crippen LogP contribution in [0.15, 0.2) is 36.7 Å². The molecule has 1 aliphatic rings. The summed E-state index contributed by atoms with van der Waals surface area (Å²) in [6, 6.07) is 5.99. The second-order valence-electron chi connectivity index (χ2n) is 6.83. The van der Waals surface area contributed by atoms with Crippen LogP contribution in [0.4, 0.5) is 4.39 Å². The van der Waals surface area contributed by atoms with Gasteiger partial charge in [-0.15, -0.1) is 0 Å². The van der Waals surface area contributed by atoms with Crippen molar-refractivity contribution >= 4 is 15.7 Å². The topological polar surface area (TPSA) is 84.3 Å². The molecule has 2 aromatic rings. The predicted molar refractivity (Wildman–Crippen MR) is 99.7 cm³/mol. The fraction of sp³-hybridized carbons (Fsp3) is 0.444. The Morgan fingerprint density at radius 3 is 2.78 bits per heavy atom. The lowest BCUT2D eigenvalue weighted by Crippen LogP contribution is -2.36. The molecular weight excluding hydrogens is 371 g/mol. The van der Waals surface area contributed by atoms with Gasteiger partial charge < -0.3 is 10.2 Å². The Hall–Kier alpha value is -2.26. The fourth-order valence-corrected chi connectivity index (χ4v) is 4.86. The molecule has 2 heterocycles. The van der Waals surface area contributed by atoms with Crippen molar-refractivity contribution in [1.82, 2.24) is 20.0 Å². The zero-order chi connectivity index (χ0) is 19.4. The number of amides is 1. The van der Waals surface area contributed by atoms with E-state index in [1.54, 1.807) is 29.2 Å². The maximum absolute atomic E-state index is 13.0. The van der Waals surface area contributed by atoms with Gasteiger partial charge in [0, 0.05) is 37.3 Å². The molecule has 27 heavy (non-hydrogen) atoms. The molecule has 1 saturated heterocycles. The smallest absolute Gasteiger partial charge is 0.221 e. The van der Waals surface area contributed by atoms with Crippen LogP contribution in [0.2, 0.25) is 0 Å². The van der Waals surface area contributed by atoms with Gasteiger partial charge in [0.05, 0.1) is 23.4 Å². The first kappa shape index (κ1) is 19.5. The summed E-state index contributed by atoms with van der Waals surface area (Å²) in [5.41, 5.74) is 1.57. The van der Waals surface area contributed by atoms with E-state index in [1.807, 2.05) is 11.9 Å². The van der Waals surface area contributed by atoms with Crippen LogP contribution < -0.4 is 5.32 Å². The lowest BCUT2D eigenvalue weighted by atomic mass is 10.2. The first-order valence-electron chi connectivity index (χ1n) is 8.79. The first-order valence-corrected chi connectivity index (χ1v) is 10.6. The molecular formula is C18H23FN4O3S. The average molecular weight is 394 g/mol. The largest absolute Gasteiger partial charge is 0.352 e. The molecule has 0 aliphatic carbocycles. The maximum atomic E-state index is 13.0. The molecule has 146 valence electrons. The second-order valence-corrected chi connectivity index (χ2v) is 9.06. The van der Waals surface area contributed by atoms with Crippen LogP contribution in [0.1, 0.15) is 18.4 Å². The van der Waals surface area contributed by atoms with Crippen molar-refractivity contribution < 1.29 is 17.6 Å². The highest BCUT2D eigenvalue weighted by Crippen LogP contribution is 2.16. The maximum Gasteiger partial charge on any atom is 0.221 e. The summed E-state index contributed by atoms with van der Waals surface area (Å²) in [4.78, 5) is 14.0. The minimum absolute atomic E-state index is 0.00302. The van der Waals surface area contributed by atoms with E-state index in [9.17, 15) is 17.6 Å². The number of hydrogen-bond acceptors (Lipinski definition) is 5. The highest BCUT2D eigenvalue weighted by Gasteiger charge is 2.30. The third-order valence-corrected chi connectivity index (χ3v) is 6.49. The van der Waals surface area contributed by atoms with Gasteiger partial charge in [-0.3, -0.25) is 4.79 Å². The average Bonchev–Trinajstić information content (AvgIpc) is 3.25. The number of halogens is 1. The molecule has 1 amide bonds.